The van der Waals surface area contributed by atoms with E-state index in [4.69, 9.17) is 14.2 Å². The minimum absolute atomic E-state index is 0.0267. The summed E-state index contributed by atoms with van der Waals surface area (Å²) < 4.78 is 14.6. The van der Waals surface area contributed by atoms with Gasteiger partial charge in [-0.05, 0) is 95.1 Å². The highest BCUT2D eigenvalue weighted by Gasteiger charge is 2.73. The lowest BCUT2D eigenvalue weighted by molar-refractivity contribution is -0.221. The van der Waals surface area contributed by atoms with Crippen molar-refractivity contribution in [3.8, 4) is 46.0 Å². The molecule has 0 spiro atoms. The van der Waals surface area contributed by atoms with Crippen molar-refractivity contribution < 1.29 is 114 Å². The summed E-state index contributed by atoms with van der Waals surface area (Å²) in [7, 11) is 0. The van der Waals surface area contributed by atoms with Gasteiger partial charge in [0.05, 0.1) is 0 Å². The van der Waals surface area contributed by atoms with Crippen molar-refractivity contribution in [2.24, 2.45) is 0 Å². The zero-order valence-corrected chi connectivity index (χ0v) is 33.6. The first-order chi connectivity index (χ1) is 31.4. The van der Waals surface area contributed by atoms with Crippen molar-refractivity contribution in [2.45, 2.75) is 23.4 Å². The summed E-state index contributed by atoms with van der Waals surface area (Å²) in [5.74, 6) is -24.5. The Morgan fingerprint density at radius 1 is 0.433 bits per heavy atom. The van der Waals surface area contributed by atoms with E-state index in [0.29, 0.717) is 24.3 Å². The lowest BCUT2D eigenvalue weighted by Crippen LogP contribution is -2.73. The van der Waals surface area contributed by atoms with E-state index in [1.807, 2.05) is 0 Å². The van der Waals surface area contributed by atoms with Crippen molar-refractivity contribution in [3.63, 3.8) is 0 Å². The molecule has 0 radical (unpaired) electrons. The molecule has 0 aromatic heterocycles. The monoisotopic (exact) mass is 930 g/mol. The van der Waals surface area contributed by atoms with Crippen molar-refractivity contribution >= 4 is 71.7 Å². The number of aromatic hydroxyl groups is 8. The van der Waals surface area contributed by atoms with Gasteiger partial charge in [0.15, 0.2) is 46.0 Å². The maximum absolute atomic E-state index is 14.2. The van der Waals surface area contributed by atoms with Crippen LogP contribution in [0.1, 0.15) is 22.3 Å². The van der Waals surface area contributed by atoms with Crippen LogP contribution in [-0.4, -0.2) is 132 Å². The number of rotatable bonds is 19. The fraction of sp³-hybridized carbons (Fsp3) is 0.0909. The zero-order valence-electron chi connectivity index (χ0n) is 33.6. The average Bonchev–Trinajstić information content (AvgIpc) is 3.27. The molecule has 0 amide bonds. The third-order valence-corrected chi connectivity index (χ3v) is 8.99. The number of phenolic OH excluding ortho intramolecular Hbond substituents is 8. The van der Waals surface area contributed by atoms with Crippen molar-refractivity contribution in [3.05, 3.63) is 119 Å². The predicted octanol–water partition coefficient (Wildman–Crippen LogP) is 1.71. The van der Waals surface area contributed by atoms with E-state index < -0.39 is 117 Å². The fourth-order valence-electron chi connectivity index (χ4n) is 5.54. The molecular weight excluding hydrogens is 896 g/mol. The van der Waals surface area contributed by atoms with E-state index in [1.165, 1.54) is 0 Å². The molecule has 0 fully saturated rings. The molecule has 348 valence electrons. The highest BCUT2D eigenvalue weighted by molar-refractivity contribution is 6.28. The van der Waals surface area contributed by atoms with Gasteiger partial charge in [-0.3, -0.25) is 9.59 Å². The molecule has 0 aliphatic rings. The standard InChI is InChI=1S/C44H34O23/c45-25-9-1-21(17-29(25)49)5-13-33(53)43(64,41(60)61)44(42(62)63,34(54)14-6-22-2-10-26(46)30(50)18-22)67-40(59)38(66-36(56)16-8-24-4-12-28(48)32(52)20-24)37(39(57)58)65-35(55)15-7-23-3-11-27(47)31(51)19-23/h1-20,37-38,45-52,64H,(H,57,58)(H,60,61)(H,62,63)/t37-,38+,43+,44-/m0/s1. The van der Waals surface area contributed by atoms with Crippen LogP contribution in [0.5, 0.6) is 46.0 Å². The summed E-state index contributed by atoms with van der Waals surface area (Å²) in [6.07, 6.45) is -2.40. The molecule has 0 heterocycles. The number of benzene rings is 4. The maximum atomic E-state index is 14.2. The highest BCUT2D eigenvalue weighted by atomic mass is 16.6. The number of carboxylic acids is 3. The number of ether oxygens (including phenoxy) is 3. The molecule has 0 bridgehead atoms. The number of esters is 3. The molecule has 12 N–H and O–H groups in total. The summed E-state index contributed by atoms with van der Waals surface area (Å²) in [6, 6.07) is 11.3. The van der Waals surface area contributed by atoms with Gasteiger partial charge in [0.2, 0.25) is 23.8 Å². The molecule has 4 atom stereocenters. The molecule has 23 heteroatoms. The van der Waals surface area contributed by atoms with E-state index in [1.54, 1.807) is 0 Å². The van der Waals surface area contributed by atoms with Crippen molar-refractivity contribution in [1.29, 1.82) is 0 Å². The highest BCUT2D eigenvalue weighted by Crippen LogP contribution is 2.35. The van der Waals surface area contributed by atoms with Gasteiger partial charge in [-0.1, -0.05) is 36.4 Å². The molecule has 0 saturated carbocycles. The average molecular weight is 931 g/mol. The van der Waals surface area contributed by atoms with Gasteiger partial charge in [-0.2, -0.15) is 0 Å². The first-order valence-electron chi connectivity index (χ1n) is 18.4. The van der Waals surface area contributed by atoms with Crippen LogP contribution in [0.3, 0.4) is 0 Å². The molecule has 4 aromatic rings. The van der Waals surface area contributed by atoms with Crippen LogP contribution in [0.25, 0.3) is 24.3 Å². The SMILES string of the molecule is O=C(C=Cc1ccc(O)c(O)c1)O[C@H](C(=O)O)[C@@H](OC(=O)C=Cc1ccc(O)c(O)c1)C(=O)O[C@](C(=O)O)(C(=O)C=Cc1ccc(O)c(O)c1)[C@](O)(C(=O)O)C(=O)C=Cc1ccc(O)c(O)c1. The van der Waals surface area contributed by atoms with E-state index in [-0.39, 0.29) is 34.4 Å². The molecule has 4 rings (SSSR count). The van der Waals surface area contributed by atoms with Crippen LogP contribution >= 0.6 is 0 Å². The molecule has 0 aliphatic heterocycles. The number of phenols is 8. The predicted molar refractivity (Wildman–Crippen MR) is 222 cm³/mol. The number of carbonyl (C=O) groups is 8. The smallest absolute Gasteiger partial charge is 0.360 e. The van der Waals surface area contributed by atoms with Gasteiger partial charge < -0.3 is 75.5 Å². The van der Waals surface area contributed by atoms with Crippen LogP contribution in [-0.2, 0) is 52.6 Å². The Bertz CT molecular complexity index is 2780. The maximum Gasteiger partial charge on any atom is 0.360 e. The second kappa shape index (κ2) is 20.7. The van der Waals surface area contributed by atoms with Crippen LogP contribution in [0.2, 0.25) is 0 Å². The number of aliphatic carboxylic acids is 3. The first kappa shape index (κ1) is 50.0. The summed E-state index contributed by atoms with van der Waals surface area (Å²) in [4.78, 5) is 107. The van der Waals surface area contributed by atoms with Gasteiger partial charge >= 0.3 is 41.4 Å². The Morgan fingerprint density at radius 3 is 1.07 bits per heavy atom. The van der Waals surface area contributed by atoms with E-state index in [0.717, 1.165) is 84.9 Å². The van der Waals surface area contributed by atoms with E-state index >= 15 is 0 Å². The number of ketones is 2. The van der Waals surface area contributed by atoms with Gasteiger partial charge in [-0.25, -0.2) is 28.8 Å². The first-order valence-corrected chi connectivity index (χ1v) is 18.4. The van der Waals surface area contributed by atoms with Crippen LogP contribution in [0, 0.1) is 0 Å². The number of aliphatic hydroxyl groups is 1. The van der Waals surface area contributed by atoms with Gasteiger partial charge in [0, 0.05) is 12.2 Å². The lowest BCUT2D eigenvalue weighted by Gasteiger charge is -2.37. The molecule has 0 aliphatic carbocycles. The molecular formula is C44H34O23. The Balaban J connectivity index is 1.92. The Labute approximate surface area is 373 Å². The largest absolute Gasteiger partial charge is 0.504 e. The minimum atomic E-state index is -4.81. The van der Waals surface area contributed by atoms with Crippen LogP contribution in [0.4, 0.5) is 0 Å². The topological polar surface area (TPSA) is 407 Å². The Hall–Kier alpha value is -9.64. The number of carbonyl (C=O) groups excluding carboxylic acids is 5. The summed E-state index contributed by atoms with van der Waals surface area (Å²) in [6.45, 7) is 0. The van der Waals surface area contributed by atoms with Crippen molar-refractivity contribution in [2.75, 3.05) is 0 Å². The Kier molecular flexibility index (Phi) is 15.4. The molecule has 0 unspecified atom stereocenters. The second-order valence-electron chi connectivity index (χ2n) is 13.5. The van der Waals surface area contributed by atoms with Gasteiger partial charge in [-0.15, -0.1) is 0 Å². The third kappa shape index (κ3) is 11.5. The van der Waals surface area contributed by atoms with Crippen LogP contribution < -0.4 is 0 Å². The number of carboxylic acid groups (broad SMARTS) is 3. The quantitative estimate of drug-likeness (QED) is 0.0209. The zero-order chi connectivity index (χ0) is 50.0. The Morgan fingerprint density at radius 2 is 0.761 bits per heavy atom. The minimum Gasteiger partial charge on any atom is -0.504 e. The number of hydrogen-bond acceptors (Lipinski definition) is 20. The number of hydrogen-bond donors (Lipinski definition) is 12. The van der Waals surface area contributed by atoms with Gasteiger partial charge in [0.25, 0.3) is 5.60 Å². The third-order valence-electron chi connectivity index (χ3n) is 8.99. The summed E-state index contributed by atoms with van der Waals surface area (Å²) >= 11 is 0. The van der Waals surface area contributed by atoms with E-state index in [2.05, 4.69) is 0 Å². The molecule has 67 heavy (non-hydrogen) atoms. The lowest BCUT2D eigenvalue weighted by atomic mass is 9.75. The molecule has 4 aromatic carbocycles. The fourth-order valence-corrected chi connectivity index (χ4v) is 5.54. The molecule has 0 saturated heterocycles. The van der Waals surface area contributed by atoms with Crippen molar-refractivity contribution in [1.82, 2.24) is 0 Å². The normalized spacial score (nSPS) is 14.2. The summed E-state index contributed by atoms with van der Waals surface area (Å²) in [5, 5.41) is 121. The van der Waals surface area contributed by atoms with E-state index in [9.17, 15) is 99.6 Å². The summed E-state index contributed by atoms with van der Waals surface area (Å²) in [5.41, 5.74) is -10.2. The molecule has 23 nitrogen and oxygen atoms in total. The van der Waals surface area contributed by atoms with Crippen LogP contribution in [0.15, 0.2) is 97.1 Å². The van der Waals surface area contributed by atoms with Gasteiger partial charge in [0.1, 0.15) is 0 Å². The second-order valence-corrected chi connectivity index (χ2v) is 13.5.